The minimum absolute atomic E-state index is 0.0325. The van der Waals surface area contributed by atoms with Crippen molar-refractivity contribution in [1.29, 1.82) is 5.26 Å². The lowest BCUT2D eigenvalue weighted by molar-refractivity contribution is -0.202. The van der Waals surface area contributed by atoms with E-state index in [2.05, 4.69) is 26.0 Å². The lowest BCUT2D eigenvalue weighted by Gasteiger charge is -2.64. The lowest BCUT2D eigenvalue weighted by Crippen LogP contribution is -2.63. The third kappa shape index (κ3) is 2.17. The zero-order chi connectivity index (χ0) is 17.8. The Bertz CT molecular complexity index is 621. The smallest absolute Gasteiger partial charge is 0.309 e. The molecule has 6 atom stereocenters. The molecule has 0 aliphatic heterocycles. The van der Waals surface area contributed by atoms with Crippen molar-refractivity contribution in [1.82, 2.24) is 0 Å². The highest BCUT2D eigenvalue weighted by molar-refractivity contribution is 5.75. The Balaban J connectivity index is 2.11. The second kappa shape index (κ2) is 5.59. The molecule has 0 spiro atoms. The number of rotatable bonds is 2. The number of aliphatic carboxylic acids is 1. The van der Waals surface area contributed by atoms with Crippen molar-refractivity contribution >= 4 is 5.97 Å². The van der Waals surface area contributed by atoms with E-state index in [4.69, 9.17) is 0 Å². The van der Waals surface area contributed by atoms with Crippen LogP contribution in [-0.2, 0) is 4.79 Å². The molecule has 4 nitrogen and oxygen atoms in total. The van der Waals surface area contributed by atoms with Crippen molar-refractivity contribution in [3.63, 3.8) is 0 Å². The van der Waals surface area contributed by atoms with Gasteiger partial charge in [-0.25, -0.2) is 0 Å². The molecule has 132 valence electrons. The largest absolute Gasteiger partial charge is 0.481 e. The van der Waals surface area contributed by atoms with E-state index in [-0.39, 0.29) is 17.3 Å². The Morgan fingerprint density at radius 1 is 1.29 bits per heavy atom. The second-order valence-electron chi connectivity index (χ2n) is 8.88. The van der Waals surface area contributed by atoms with Crippen LogP contribution in [0.4, 0.5) is 0 Å². The summed E-state index contributed by atoms with van der Waals surface area (Å²) in [5.41, 5.74) is -0.0735. The van der Waals surface area contributed by atoms with Gasteiger partial charge in [-0.3, -0.25) is 4.79 Å². The van der Waals surface area contributed by atoms with Gasteiger partial charge in [0.1, 0.15) is 0 Å². The van der Waals surface area contributed by atoms with E-state index in [0.717, 1.165) is 25.7 Å². The van der Waals surface area contributed by atoms with Gasteiger partial charge in [-0.1, -0.05) is 18.6 Å². The molecular formula is C20H29NO3. The Morgan fingerprint density at radius 2 is 2.00 bits per heavy atom. The molecule has 0 aromatic rings. The van der Waals surface area contributed by atoms with Crippen LogP contribution in [0.25, 0.3) is 0 Å². The molecule has 0 saturated heterocycles. The van der Waals surface area contributed by atoms with Gasteiger partial charge in [-0.15, -0.1) is 0 Å². The van der Waals surface area contributed by atoms with E-state index in [9.17, 15) is 20.3 Å². The highest BCUT2D eigenvalue weighted by Gasteiger charge is 2.65. The molecule has 24 heavy (non-hydrogen) atoms. The first-order valence-electron chi connectivity index (χ1n) is 9.17. The zero-order valence-corrected chi connectivity index (χ0v) is 15.0. The Hall–Kier alpha value is -1.34. The predicted molar refractivity (Wildman–Crippen MR) is 91.0 cm³/mol. The van der Waals surface area contributed by atoms with Crippen LogP contribution in [0.5, 0.6) is 0 Å². The van der Waals surface area contributed by atoms with Crippen molar-refractivity contribution < 1.29 is 15.0 Å². The van der Waals surface area contributed by atoms with Gasteiger partial charge in [0.2, 0.25) is 0 Å². The number of aliphatic hydroxyl groups excluding tert-OH is 1. The van der Waals surface area contributed by atoms with E-state index >= 15 is 0 Å². The number of nitrogens with zero attached hydrogens (tertiary/aromatic N) is 1. The summed E-state index contributed by atoms with van der Waals surface area (Å²) in [6.45, 7) is 6.10. The molecule has 0 unspecified atom stereocenters. The Morgan fingerprint density at radius 3 is 2.62 bits per heavy atom. The normalized spacial score (nSPS) is 47.8. The van der Waals surface area contributed by atoms with E-state index in [1.165, 1.54) is 5.57 Å². The van der Waals surface area contributed by atoms with E-state index in [1.54, 1.807) is 0 Å². The van der Waals surface area contributed by atoms with Crippen LogP contribution in [0.1, 0.15) is 65.7 Å². The maximum absolute atomic E-state index is 12.1. The molecule has 0 amide bonds. The fraction of sp³-hybridized carbons (Fsp3) is 0.800. The Labute approximate surface area is 144 Å². The zero-order valence-electron chi connectivity index (χ0n) is 15.0. The minimum Gasteiger partial charge on any atom is -0.481 e. The number of allylic oxidation sites excluding steroid dienone is 2. The summed E-state index contributed by atoms with van der Waals surface area (Å²) in [6, 6.07) is 2.38. The van der Waals surface area contributed by atoms with Crippen LogP contribution < -0.4 is 0 Å². The van der Waals surface area contributed by atoms with Gasteiger partial charge in [0.15, 0.2) is 0 Å². The summed E-state index contributed by atoms with van der Waals surface area (Å²) in [7, 11) is 0. The predicted octanol–water partition coefficient (Wildman–Crippen LogP) is 3.90. The molecule has 0 heterocycles. The summed E-state index contributed by atoms with van der Waals surface area (Å²) in [6.07, 6.45) is 6.91. The van der Waals surface area contributed by atoms with Crippen LogP contribution in [0, 0.1) is 39.4 Å². The highest BCUT2D eigenvalue weighted by atomic mass is 16.4. The van der Waals surface area contributed by atoms with Crippen LogP contribution >= 0.6 is 0 Å². The van der Waals surface area contributed by atoms with Gasteiger partial charge < -0.3 is 10.2 Å². The molecule has 2 fully saturated rings. The molecule has 3 rings (SSSR count). The summed E-state index contributed by atoms with van der Waals surface area (Å²) in [5, 5.41) is 30.3. The standard InChI is InChI=1S/C20H29NO3/c1-13-4-5-15-19(3)14(6-9-20(15,12-13)10-11-21)18(2,17(23)24)8-7-16(19)22/h12,14-16,22H,4-10H2,1-3H3,(H,23,24)/t14-,15+,16+,18-,19-,20+/m1/s1. The van der Waals surface area contributed by atoms with Crippen molar-refractivity contribution in [3.8, 4) is 6.07 Å². The number of aliphatic hydroxyl groups is 1. The summed E-state index contributed by atoms with van der Waals surface area (Å²) in [4.78, 5) is 12.1. The summed E-state index contributed by atoms with van der Waals surface area (Å²) >= 11 is 0. The maximum atomic E-state index is 12.1. The third-order valence-corrected chi connectivity index (χ3v) is 7.78. The Kier molecular flexibility index (Phi) is 4.07. The third-order valence-electron chi connectivity index (χ3n) is 7.78. The van der Waals surface area contributed by atoms with Crippen LogP contribution in [-0.4, -0.2) is 22.3 Å². The van der Waals surface area contributed by atoms with E-state index < -0.39 is 22.9 Å². The maximum Gasteiger partial charge on any atom is 0.309 e. The molecule has 4 heteroatoms. The number of fused-ring (bicyclic) bond motifs is 3. The molecule has 0 radical (unpaired) electrons. The number of carboxylic acids is 1. The minimum atomic E-state index is -0.775. The van der Waals surface area contributed by atoms with Gasteiger partial charge in [0, 0.05) is 17.3 Å². The van der Waals surface area contributed by atoms with Crippen LogP contribution in [0.15, 0.2) is 11.6 Å². The number of nitriles is 1. The lowest BCUT2D eigenvalue weighted by atomic mass is 9.40. The van der Waals surface area contributed by atoms with Crippen LogP contribution in [0.2, 0.25) is 0 Å². The number of hydrogen-bond acceptors (Lipinski definition) is 3. The molecule has 0 bridgehead atoms. The molecule has 2 saturated carbocycles. The molecule has 3 aliphatic carbocycles. The molecular weight excluding hydrogens is 302 g/mol. The van der Waals surface area contributed by atoms with Crippen molar-refractivity contribution in [2.45, 2.75) is 71.8 Å². The van der Waals surface area contributed by atoms with Crippen molar-refractivity contribution in [3.05, 3.63) is 11.6 Å². The average molecular weight is 331 g/mol. The molecule has 2 N–H and O–H groups in total. The molecule has 3 aliphatic rings. The summed E-state index contributed by atoms with van der Waals surface area (Å²) < 4.78 is 0. The van der Waals surface area contributed by atoms with Crippen molar-refractivity contribution in [2.24, 2.45) is 28.1 Å². The average Bonchev–Trinajstić information content (AvgIpc) is 2.51. The quantitative estimate of drug-likeness (QED) is 0.752. The summed E-state index contributed by atoms with van der Waals surface area (Å²) in [5.74, 6) is -0.586. The van der Waals surface area contributed by atoms with Gasteiger partial charge in [0.05, 0.1) is 17.6 Å². The fourth-order valence-corrected chi connectivity index (χ4v) is 6.52. The van der Waals surface area contributed by atoms with Gasteiger partial charge in [-0.2, -0.15) is 5.26 Å². The number of hydrogen-bond donors (Lipinski definition) is 2. The van der Waals surface area contributed by atoms with Gasteiger partial charge in [0.25, 0.3) is 0 Å². The first kappa shape index (κ1) is 17.5. The van der Waals surface area contributed by atoms with E-state index in [0.29, 0.717) is 19.3 Å². The van der Waals surface area contributed by atoms with Gasteiger partial charge in [-0.05, 0) is 64.2 Å². The molecule has 0 aromatic heterocycles. The van der Waals surface area contributed by atoms with Crippen molar-refractivity contribution in [2.75, 3.05) is 0 Å². The SMILES string of the molecule is CC1=C[C@@]2(CC#N)CC[C@H]3[C@](C)([C@@H]2CC1)[C@@H](O)CC[C@@]3(C)C(=O)O. The monoisotopic (exact) mass is 331 g/mol. The van der Waals surface area contributed by atoms with E-state index in [1.807, 2.05) is 6.92 Å². The molecule has 0 aromatic carbocycles. The van der Waals surface area contributed by atoms with Gasteiger partial charge >= 0.3 is 5.97 Å². The number of carboxylic acid groups (broad SMARTS) is 1. The fourth-order valence-electron chi connectivity index (χ4n) is 6.52. The second-order valence-corrected chi connectivity index (χ2v) is 8.88. The topological polar surface area (TPSA) is 81.3 Å². The number of carbonyl (C=O) groups is 1. The first-order chi connectivity index (χ1) is 11.2. The first-order valence-corrected chi connectivity index (χ1v) is 9.17. The van der Waals surface area contributed by atoms with Crippen LogP contribution in [0.3, 0.4) is 0 Å². The highest BCUT2D eigenvalue weighted by Crippen LogP contribution is 2.67.